The summed E-state index contributed by atoms with van der Waals surface area (Å²) in [5, 5.41) is 1.24. The number of aromatic nitrogens is 1. The molecule has 5 nitrogen and oxygen atoms in total. The topological polar surface area (TPSA) is 41.9 Å². The van der Waals surface area contributed by atoms with Crippen molar-refractivity contribution in [1.82, 2.24) is 9.88 Å². The zero-order chi connectivity index (χ0) is 27.2. The molecule has 5 aromatic rings. The van der Waals surface area contributed by atoms with Crippen molar-refractivity contribution in [2.45, 2.75) is 31.5 Å². The number of aromatic amines is 1. The fourth-order valence-corrected chi connectivity index (χ4v) is 6.40. The highest BCUT2D eigenvalue weighted by Gasteiger charge is 2.41. The van der Waals surface area contributed by atoms with E-state index in [-0.39, 0.29) is 17.9 Å². The van der Waals surface area contributed by atoms with E-state index in [4.69, 9.17) is 16.0 Å². The van der Waals surface area contributed by atoms with Crippen molar-refractivity contribution in [2.24, 2.45) is 0 Å². The Kier molecular flexibility index (Phi) is 6.02. The maximum Gasteiger partial charge on any atom is 0.187 e. The highest BCUT2D eigenvalue weighted by atomic mass is 19.1. The second-order valence-corrected chi connectivity index (χ2v) is 10.5. The third kappa shape index (κ3) is 4.11. The molecule has 7 rings (SSSR count). The minimum atomic E-state index is -0.225. The highest BCUT2D eigenvalue weighted by Crippen LogP contribution is 2.49. The molecule has 1 N–H and O–H groups in total. The van der Waals surface area contributed by atoms with Gasteiger partial charge in [-0.2, -0.15) is 0 Å². The molecule has 0 fully saturated rings. The minimum Gasteiger partial charge on any atom is -0.493 e. The summed E-state index contributed by atoms with van der Waals surface area (Å²) in [6.07, 6.45) is 1.75. The highest BCUT2D eigenvalue weighted by molar-refractivity contribution is 5.85. The van der Waals surface area contributed by atoms with Crippen LogP contribution in [-0.4, -0.2) is 23.5 Å². The molecule has 0 spiro atoms. The summed E-state index contributed by atoms with van der Waals surface area (Å²) >= 11 is 0. The SMILES string of the molecule is [C-]#[N+]c1ccc(COc2cc3c(cc2OC)C2Cc4c([nH]c5ccccc45)C(c4ccc(F)cc4)N2CC3)cc1. The predicted molar refractivity (Wildman–Crippen MR) is 153 cm³/mol. The van der Waals surface area contributed by atoms with Crippen LogP contribution in [0.25, 0.3) is 15.7 Å². The molecule has 1 aromatic heterocycles. The zero-order valence-electron chi connectivity index (χ0n) is 22.2. The normalized spacial score (nSPS) is 17.9. The van der Waals surface area contributed by atoms with E-state index in [1.165, 1.54) is 27.8 Å². The second-order valence-electron chi connectivity index (χ2n) is 10.5. The summed E-state index contributed by atoms with van der Waals surface area (Å²) in [6, 6.07) is 27.3. The molecule has 2 unspecified atom stereocenters. The molecule has 0 saturated heterocycles. The number of nitrogens with zero attached hydrogens (tertiary/aromatic N) is 2. The van der Waals surface area contributed by atoms with Gasteiger partial charge < -0.3 is 14.5 Å². The van der Waals surface area contributed by atoms with Crippen molar-refractivity contribution in [3.8, 4) is 11.5 Å². The molecular formula is C34H28FN3O2. The van der Waals surface area contributed by atoms with E-state index in [0.717, 1.165) is 41.8 Å². The van der Waals surface area contributed by atoms with Crippen LogP contribution in [-0.2, 0) is 19.4 Å². The first-order valence-corrected chi connectivity index (χ1v) is 13.5. The molecule has 2 aliphatic heterocycles. The van der Waals surface area contributed by atoms with E-state index >= 15 is 0 Å². The van der Waals surface area contributed by atoms with Gasteiger partial charge in [0.2, 0.25) is 0 Å². The van der Waals surface area contributed by atoms with E-state index in [0.29, 0.717) is 18.0 Å². The van der Waals surface area contributed by atoms with Crippen LogP contribution < -0.4 is 9.47 Å². The molecule has 0 bridgehead atoms. The van der Waals surface area contributed by atoms with Gasteiger partial charge in [-0.05, 0) is 71.0 Å². The number of hydrogen-bond donors (Lipinski definition) is 1. The molecular weight excluding hydrogens is 501 g/mol. The van der Waals surface area contributed by atoms with E-state index in [1.54, 1.807) is 19.2 Å². The summed E-state index contributed by atoms with van der Waals surface area (Å²) in [7, 11) is 1.68. The lowest BCUT2D eigenvalue weighted by atomic mass is 9.80. The third-order valence-corrected chi connectivity index (χ3v) is 8.32. The molecule has 2 atom stereocenters. The number of para-hydroxylation sites is 1. The number of ether oxygens (including phenoxy) is 2. The quantitative estimate of drug-likeness (QED) is 0.237. The van der Waals surface area contributed by atoms with Gasteiger partial charge in [-0.3, -0.25) is 4.90 Å². The van der Waals surface area contributed by atoms with Gasteiger partial charge in [-0.25, -0.2) is 9.24 Å². The van der Waals surface area contributed by atoms with Crippen molar-refractivity contribution in [2.75, 3.05) is 13.7 Å². The lowest BCUT2D eigenvalue weighted by Gasteiger charge is -2.46. The Labute approximate surface area is 232 Å². The van der Waals surface area contributed by atoms with Crippen molar-refractivity contribution in [1.29, 1.82) is 0 Å². The van der Waals surface area contributed by atoms with Crippen molar-refractivity contribution < 1.29 is 13.9 Å². The number of methoxy groups -OCH3 is 1. The van der Waals surface area contributed by atoms with Crippen molar-refractivity contribution in [3.63, 3.8) is 0 Å². The number of benzene rings is 4. The summed E-state index contributed by atoms with van der Waals surface area (Å²) in [5.41, 5.74) is 8.86. The van der Waals surface area contributed by atoms with E-state index in [9.17, 15) is 4.39 Å². The van der Waals surface area contributed by atoms with Crippen LogP contribution in [0.5, 0.6) is 11.5 Å². The Morgan fingerprint density at radius 2 is 1.80 bits per heavy atom. The maximum absolute atomic E-state index is 13.9. The summed E-state index contributed by atoms with van der Waals surface area (Å²) in [4.78, 5) is 9.72. The first-order chi connectivity index (χ1) is 19.6. The van der Waals surface area contributed by atoms with Gasteiger partial charge in [-0.1, -0.05) is 54.6 Å². The lowest BCUT2D eigenvalue weighted by molar-refractivity contribution is 0.127. The van der Waals surface area contributed by atoms with Gasteiger partial charge in [0.25, 0.3) is 0 Å². The van der Waals surface area contributed by atoms with Crippen LogP contribution in [0.4, 0.5) is 10.1 Å². The van der Waals surface area contributed by atoms with Gasteiger partial charge >= 0.3 is 0 Å². The van der Waals surface area contributed by atoms with Gasteiger partial charge in [0.05, 0.1) is 19.7 Å². The van der Waals surface area contributed by atoms with Crippen molar-refractivity contribution >= 4 is 16.6 Å². The first kappa shape index (κ1) is 24.4. The van der Waals surface area contributed by atoms with Crippen LogP contribution in [0.3, 0.4) is 0 Å². The number of H-pyrrole nitrogens is 1. The number of rotatable bonds is 5. The van der Waals surface area contributed by atoms with Crippen LogP contribution >= 0.6 is 0 Å². The molecule has 40 heavy (non-hydrogen) atoms. The Hall–Kier alpha value is -4.60. The molecule has 198 valence electrons. The number of nitrogens with one attached hydrogen (secondary N) is 1. The first-order valence-electron chi connectivity index (χ1n) is 13.5. The molecule has 6 heteroatoms. The number of halogens is 1. The van der Waals surface area contributed by atoms with E-state index < -0.39 is 0 Å². The van der Waals surface area contributed by atoms with Gasteiger partial charge in [0, 0.05) is 29.2 Å². The molecule has 3 heterocycles. The fraction of sp³-hybridized carbons (Fsp3) is 0.206. The average Bonchev–Trinajstić information content (AvgIpc) is 3.37. The maximum atomic E-state index is 13.9. The standard InChI is InChI=1S/C34H28FN3O2/c1-36-25-13-7-21(8-14-25)20-40-32-17-23-15-16-38-30(27(23)19-31(32)39-2)18-28-26-5-3-4-6-29(26)37-33(28)34(38)22-9-11-24(35)12-10-22/h3-14,17,19,30,34,37H,15-16,18,20H2,2H3. The molecule has 0 saturated carbocycles. The smallest absolute Gasteiger partial charge is 0.187 e. The summed E-state index contributed by atoms with van der Waals surface area (Å²) < 4.78 is 26.0. The summed E-state index contributed by atoms with van der Waals surface area (Å²) in [5.74, 6) is 1.21. The largest absolute Gasteiger partial charge is 0.493 e. The Bertz CT molecular complexity index is 1750. The summed E-state index contributed by atoms with van der Waals surface area (Å²) in [6.45, 7) is 8.43. The molecule has 0 radical (unpaired) electrons. The van der Waals surface area contributed by atoms with Crippen molar-refractivity contribution in [3.05, 3.63) is 136 Å². The van der Waals surface area contributed by atoms with Gasteiger partial charge in [-0.15, -0.1) is 0 Å². The molecule has 4 aromatic carbocycles. The predicted octanol–water partition coefficient (Wildman–Crippen LogP) is 7.69. The van der Waals surface area contributed by atoms with Crippen LogP contribution in [0.15, 0.2) is 84.9 Å². The Balaban J connectivity index is 1.28. The van der Waals surface area contributed by atoms with Gasteiger partial charge in [0.15, 0.2) is 17.2 Å². The molecule has 0 amide bonds. The molecule has 2 aliphatic rings. The third-order valence-electron chi connectivity index (χ3n) is 8.32. The number of hydrogen-bond acceptors (Lipinski definition) is 3. The minimum absolute atomic E-state index is 0.00440. The number of fused-ring (bicyclic) bond motifs is 6. The fourth-order valence-electron chi connectivity index (χ4n) is 6.40. The Morgan fingerprint density at radius 3 is 2.58 bits per heavy atom. The monoisotopic (exact) mass is 529 g/mol. The Morgan fingerprint density at radius 1 is 1.00 bits per heavy atom. The van der Waals surface area contributed by atoms with Crippen LogP contribution in [0, 0.1) is 12.4 Å². The van der Waals surface area contributed by atoms with Gasteiger partial charge in [0.1, 0.15) is 12.4 Å². The lowest BCUT2D eigenvalue weighted by Crippen LogP contribution is -2.43. The molecule has 0 aliphatic carbocycles. The van der Waals surface area contributed by atoms with E-state index in [2.05, 4.69) is 51.1 Å². The second kappa shape index (κ2) is 9.86. The van der Waals surface area contributed by atoms with Crippen LogP contribution in [0.2, 0.25) is 0 Å². The van der Waals surface area contributed by atoms with E-state index in [1.807, 2.05) is 36.4 Å². The average molecular weight is 530 g/mol. The zero-order valence-corrected chi connectivity index (χ0v) is 22.2. The van der Waals surface area contributed by atoms with Crippen LogP contribution in [0.1, 0.15) is 45.6 Å².